The van der Waals surface area contributed by atoms with Crippen LogP contribution in [0, 0.1) is 6.92 Å². The Hall–Kier alpha value is -0.900. The molecule has 1 aromatic rings. The molecule has 0 fully saturated rings. The van der Waals surface area contributed by atoms with Crippen molar-refractivity contribution >= 4 is 0 Å². The Kier molecular flexibility index (Phi) is 5.12. The van der Waals surface area contributed by atoms with E-state index in [-0.39, 0.29) is 18.1 Å². The van der Waals surface area contributed by atoms with Crippen molar-refractivity contribution < 1.29 is 5.11 Å². The first-order chi connectivity index (χ1) is 7.95. The SMILES string of the molecule is Cc1ccc(C(C)(C)CNCC(N)CO)cc1. The summed E-state index contributed by atoms with van der Waals surface area (Å²) in [6.07, 6.45) is 0. The third-order valence-electron chi connectivity index (χ3n) is 3.04. The molecule has 0 bridgehead atoms. The van der Waals surface area contributed by atoms with Gasteiger partial charge in [0.25, 0.3) is 0 Å². The van der Waals surface area contributed by atoms with E-state index in [0.29, 0.717) is 6.54 Å². The molecular formula is C14H24N2O. The molecule has 0 saturated heterocycles. The molecule has 0 aliphatic rings. The average Bonchev–Trinajstić information content (AvgIpc) is 2.29. The van der Waals surface area contributed by atoms with Gasteiger partial charge in [0.05, 0.1) is 6.61 Å². The first-order valence-corrected chi connectivity index (χ1v) is 6.10. The maximum absolute atomic E-state index is 8.85. The molecule has 0 amide bonds. The lowest BCUT2D eigenvalue weighted by Crippen LogP contribution is -2.41. The molecule has 1 atom stereocenters. The van der Waals surface area contributed by atoms with E-state index in [0.717, 1.165) is 6.54 Å². The van der Waals surface area contributed by atoms with Crippen molar-refractivity contribution in [3.05, 3.63) is 35.4 Å². The number of hydrogen-bond acceptors (Lipinski definition) is 3. The zero-order valence-electron chi connectivity index (χ0n) is 11.0. The highest BCUT2D eigenvalue weighted by Crippen LogP contribution is 2.22. The number of nitrogens with one attached hydrogen (secondary N) is 1. The molecule has 0 spiro atoms. The highest BCUT2D eigenvalue weighted by atomic mass is 16.3. The Morgan fingerprint density at radius 1 is 1.29 bits per heavy atom. The van der Waals surface area contributed by atoms with Crippen LogP contribution >= 0.6 is 0 Å². The monoisotopic (exact) mass is 236 g/mol. The summed E-state index contributed by atoms with van der Waals surface area (Å²) >= 11 is 0. The molecule has 1 rings (SSSR count). The van der Waals surface area contributed by atoms with Crippen LogP contribution in [0.4, 0.5) is 0 Å². The van der Waals surface area contributed by atoms with Gasteiger partial charge in [0.15, 0.2) is 0 Å². The van der Waals surface area contributed by atoms with Gasteiger partial charge in [-0.25, -0.2) is 0 Å². The van der Waals surface area contributed by atoms with Gasteiger partial charge in [0.2, 0.25) is 0 Å². The molecule has 0 aromatic heterocycles. The van der Waals surface area contributed by atoms with Crippen molar-refractivity contribution in [3.63, 3.8) is 0 Å². The fraction of sp³-hybridized carbons (Fsp3) is 0.571. The van der Waals surface area contributed by atoms with Crippen LogP contribution in [0.25, 0.3) is 0 Å². The Morgan fingerprint density at radius 3 is 2.41 bits per heavy atom. The molecule has 0 radical (unpaired) electrons. The summed E-state index contributed by atoms with van der Waals surface area (Å²) in [6.45, 7) is 8.02. The molecule has 1 aromatic carbocycles. The van der Waals surface area contributed by atoms with Crippen LogP contribution < -0.4 is 11.1 Å². The second kappa shape index (κ2) is 6.15. The van der Waals surface area contributed by atoms with E-state index in [1.807, 2.05) is 0 Å². The molecule has 1 unspecified atom stereocenters. The van der Waals surface area contributed by atoms with Crippen LogP contribution in [0.3, 0.4) is 0 Å². The van der Waals surface area contributed by atoms with Crippen LogP contribution in [0.15, 0.2) is 24.3 Å². The number of hydrogen-bond donors (Lipinski definition) is 3. The van der Waals surface area contributed by atoms with Crippen molar-refractivity contribution in [1.29, 1.82) is 0 Å². The molecule has 17 heavy (non-hydrogen) atoms. The van der Waals surface area contributed by atoms with Gasteiger partial charge >= 0.3 is 0 Å². The van der Waals surface area contributed by atoms with Crippen LogP contribution in [-0.2, 0) is 5.41 Å². The number of aliphatic hydroxyl groups excluding tert-OH is 1. The van der Waals surface area contributed by atoms with E-state index in [4.69, 9.17) is 10.8 Å². The predicted molar refractivity (Wildman–Crippen MR) is 72.1 cm³/mol. The maximum atomic E-state index is 8.85. The number of nitrogens with two attached hydrogens (primary N) is 1. The van der Waals surface area contributed by atoms with Gasteiger partial charge in [0, 0.05) is 24.5 Å². The average molecular weight is 236 g/mol. The predicted octanol–water partition coefficient (Wildman–Crippen LogP) is 1.18. The first kappa shape index (κ1) is 14.2. The van der Waals surface area contributed by atoms with Gasteiger partial charge in [-0.05, 0) is 12.5 Å². The topological polar surface area (TPSA) is 58.3 Å². The number of rotatable bonds is 6. The lowest BCUT2D eigenvalue weighted by atomic mass is 9.84. The zero-order chi connectivity index (χ0) is 12.9. The normalized spacial score (nSPS) is 13.7. The van der Waals surface area contributed by atoms with Gasteiger partial charge < -0.3 is 16.2 Å². The Morgan fingerprint density at radius 2 is 1.88 bits per heavy atom. The van der Waals surface area contributed by atoms with Crippen molar-refractivity contribution in [3.8, 4) is 0 Å². The van der Waals surface area contributed by atoms with E-state index in [1.165, 1.54) is 11.1 Å². The first-order valence-electron chi connectivity index (χ1n) is 6.10. The summed E-state index contributed by atoms with van der Waals surface area (Å²) in [5, 5.41) is 12.2. The molecular weight excluding hydrogens is 212 g/mol. The minimum absolute atomic E-state index is 0.0258. The number of aliphatic hydroxyl groups is 1. The van der Waals surface area contributed by atoms with Gasteiger partial charge in [0.1, 0.15) is 0 Å². The molecule has 0 saturated carbocycles. The smallest absolute Gasteiger partial charge is 0.0594 e. The quantitative estimate of drug-likeness (QED) is 0.695. The molecule has 3 heteroatoms. The molecule has 4 N–H and O–H groups in total. The third-order valence-corrected chi connectivity index (χ3v) is 3.04. The maximum Gasteiger partial charge on any atom is 0.0594 e. The largest absolute Gasteiger partial charge is 0.395 e. The minimum atomic E-state index is -0.177. The van der Waals surface area contributed by atoms with E-state index in [9.17, 15) is 0 Å². The van der Waals surface area contributed by atoms with Crippen LogP contribution in [0.1, 0.15) is 25.0 Å². The van der Waals surface area contributed by atoms with E-state index in [1.54, 1.807) is 0 Å². The van der Waals surface area contributed by atoms with E-state index >= 15 is 0 Å². The lowest BCUT2D eigenvalue weighted by Gasteiger charge is -2.26. The van der Waals surface area contributed by atoms with Crippen molar-refractivity contribution in [2.24, 2.45) is 5.73 Å². The second-order valence-electron chi connectivity index (χ2n) is 5.32. The van der Waals surface area contributed by atoms with Gasteiger partial charge in [-0.3, -0.25) is 0 Å². The fourth-order valence-corrected chi connectivity index (χ4v) is 1.74. The molecule has 0 aliphatic carbocycles. The number of aryl methyl sites for hydroxylation is 1. The van der Waals surface area contributed by atoms with E-state index < -0.39 is 0 Å². The lowest BCUT2D eigenvalue weighted by molar-refractivity contribution is 0.260. The standard InChI is InChI=1S/C14H24N2O/c1-11-4-6-12(7-5-11)14(2,3)10-16-8-13(15)9-17/h4-7,13,16-17H,8-10,15H2,1-3H3. The summed E-state index contributed by atoms with van der Waals surface area (Å²) in [5.41, 5.74) is 8.31. The van der Waals surface area contributed by atoms with Crippen LogP contribution in [0.5, 0.6) is 0 Å². The Labute approximate surface area is 104 Å². The summed E-state index contributed by atoms with van der Waals surface area (Å²) in [4.78, 5) is 0. The van der Waals surface area contributed by atoms with Gasteiger partial charge in [-0.1, -0.05) is 43.7 Å². The van der Waals surface area contributed by atoms with Crippen molar-refractivity contribution in [1.82, 2.24) is 5.32 Å². The van der Waals surface area contributed by atoms with E-state index in [2.05, 4.69) is 50.4 Å². The third kappa shape index (κ3) is 4.46. The highest BCUT2D eigenvalue weighted by molar-refractivity contribution is 5.27. The zero-order valence-corrected chi connectivity index (χ0v) is 11.0. The van der Waals surface area contributed by atoms with Gasteiger partial charge in [-0.15, -0.1) is 0 Å². The summed E-state index contributed by atoms with van der Waals surface area (Å²) in [5.74, 6) is 0. The fourth-order valence-electron chi connectivity index (χ4n) is 1.74. The van der Waals surface area contributed by atoms with Crippen molar-refractivity contribution in [2.45, 2.75) is 32.2 Å². The Bertz CT molecular complexity index is 333. The highest BCUT2D eigenvalue weighted by Gasteiger charge is 2.19. The summed E-state index contributed by atoms with van der Waals surface area (Å²) < 4.78 is 0. The Balaban J connectivity index is 2.53. The van der Waals surface area contributed by atoms with Crippen molar-refractivity contribution in [2.75, 3.05) is 19.7 Å². The molecule has 0 heterocycles. The number of benzene rings is 1. The van der Waals surface area contributed by atoms with Crippen LogP contribution in [0.2, 0.25) is 0 Å². The second-order valence-corrected chi connectivity index (χ2v) is 5.32. The van der Waals surface area contributed by atoms with Crippen LogP contribution in [-0.4, -0.2) is 30.8 Å². The minimum Gasteiger partial charge on any atom is -0.395 e. The summed E-state index contributed by atoms with van der Waals surface area (Å²) in [6, 6.07) is 8.43. The molecule has 3 nitrogen and oxygen atoms in total. The molecule has 96 valence electrons. The summed E-state index contributed by atoms with van der Waals surface area (Å²) in [7, 11) is 0. The van der Waals surface area contributed by atoms with Gasteiger partial charge in [-0.2, -0.15) is 0 Å². The molecule has 0 aliphatic heterocycles.